The molecule has 1 amide bonds. The zero-order valence-corrected chi connectivity index (χ0v) is 12.8. The van der Waals surface area contributed by atoms with Crippen molar-refractivity contribution < 1.29 is 9.53 Å². The molecule has 2 aromatic carbocycles. The summed E-state index contributed by atoms with van der Waals surface area (Å²) in [4.78, 5) is 11.0. The highest BCUT2D eigenvalue weighted by atomic mass is 16.6. The number of benzene rings is 2. The normalized spacial score (nSPS) is 16.9. The lowest BCUT2D eigenvalue weighted by Crippen LogP contribution is -2.20. The van der Waals surface area contributed by atoms with Crippen LogP contribution in [0.5, 0.6) is 0 Å². The fourth-order valence-electron chi connectivity index (χ4n) is 3.31. The van der Waals surface area contributed by atoms with E-state index in [0.717, 1.165) is 31.2 Å². The smallest absolute Gasteiger partial charge is 0.405 e. The van der Waals surface area contributed by atoms with Gasteiger partial charge in [-0.05, 0) is 53.5 Å². The standard InChI is InChI=1S/C19H21NO2/c1-2-13-6-3-4-8-16(13)15-10-11-17-14(12-15)7-5-9-18(17)22-19(20)21/h3-4,6,8,10-12,18H,2,5,7,9H2,1H3,(H2,20,21). The molecule has 0 radical (unpaired) electrons. The van der Waals surface area contributed by atoms with Gasteiger partial charge in [0.15, 0.2) is 0 Å². The SMILES string of the molecule is CCc1ccccc1-c1ccc2c(c1)CCCC2OC(N)=O. The first kappa shape index (κ1) is 14.6. The Balaban J connectivity index is 1.99. The second-order valence-electron chi connectivity index (χ2n) is 5.74. The third kappa shape index (κ3) is 2.84. The summed E-state index contributed by atoms with van der Waals surface area (Å²) in [5, 5.41) is 0. The molecule has 0 bridgehead atoms. The molecule has 2 aromatic rings. The predicted octanol–water partition coefficient (Wildman–Crippen LogP) is 4.39. The van der Waals surface area contributed by atoms with Crippen LogP contribution in [0.1, 0.15) is 42.6 Å². The van der Waals surface area contributed by atoms with Crippen LogP contribution < -0.4 is 5.73 Å². The minimum Gasteiger partial charge on any atom is -0.442 e. The van der Waals surface area contributed by atoms with Crippen molar-refractivity contribution in [3.63, 3.8) is 0 Å². The Morgan fingerprint density at radius 1 is 1.27 bits per heavy atom. The molecule has 0 saturated heterocycles. The highest BCUT2D eigenvalue weighted by molar-refractivity contribution is 5.69. The monoisotopic (exact) mass is 295 g/mol. The van der Waals surface area contributed by atoms with Gasteiger partial charge in [0.2, 0.25) is 0 Å². The zero-order valence-electron chi connectivity index (χ0n) is 12.8. The van der Waals surface area contributed by atoms with E-state index in [4.69, 9.17) is 10.5 Å². The van der Waals surface area contributed by atoms with Gasteiger partial charge in [0.1, 0.15) is 6.10 Å². The molecule has 0 saturated carbocycles. The van der Waals surface area contributed by atoms with Crippen LogP contribution in [0.4, 0.5) is 4.79 Å². The van der Waals surface area contributed by atoms with Crippen LogP contribution in [0, 0.1) is 0 Å². The number of ether oxygens (including phenoxy) is 1. The highest BCUT2D eigenvalue weighted by Gasteiger charge is 2.23. The second-order valence-corrected chi connectivity index (χ2v) is 5.74. The molecule has 1 atom stereocenters. The van der Waals surface area contributed by atoms with Gasteiger partial charge >= 0.3 is 6.09 Å². The van der Waals surface area contributed by atoms with Crippen molar-refractivity contribution in [1.29, 1.82) is 0 Å². The first-order valence-corrected chi connectivity index (χ1v) is 7.86. The van der Waals surface area contributed by atoms with E-state index < -0.39 is 6.09 Å². The molecular formula is C19H21NO2. The fourth-order valence-corrected chi connectivity index (χ4v) is 3.31. The van der Waals surface area contributed by atoms with Crippen molar-refractivity contribution in [2.75, 3.05) is 0 Å². The third-order valence-corrected chi connectivity index (χ3v) is 4.37. The Labute approximate surface area is 131 Å². The van der Waals surface area contributed by atoms with Gasteiger partial charge in [-0.3, -0.25) is 0 Å². The van der Waals surface area contributed by atoms with Gasteiger partial charge in [0, 0.05) is 0 Å². The van der Waals surface area contributed by atoms with E-state index in [1.165, 1.54) is 22.3 Å². The van der Waals surface area contributed by atoms with Gasteiger partial charge in [-0.25, -0.2) is 4.79 Å². The molecule has 1 aliphatic carbocycles. The van der Waals surface area contributed by atoms with Crippen LogP contribution in [0.25, 0.3) is 11.1 Å². The predicted molar refractivity (Wildman–Crippen MR) is 87.6 cm³/mol. The van der Waals surface area contributed by atoms with E-state index in [2.05, 4.69) is 49.4 Å². The summed E-state index contributed by atoms with van der Waals surface area (Å²) in [7, 11) is 0. The molecule has 1 unspecified atom stereocenters. The number of aryl methyl sites for hydroxylation is 2. The summed E-state index contributed by atoms with van der Waals surface area (Å²) >= 11 is 0. The van der Waals surface area contributed by atoms with Gasteiger partial charge in [-0.2, -0.15) is 0 Å². The average Bonchev–Trinajstić information content (AvgIpc) is 2.54. The number of hydrogen-bond acceptors (Lipinski definition) is 2. The van der Waals surface area contributed by atoms with Crippen LogP contribution >= 0.6 is 0 Å². The van der Waals surface area contributed by atoms with E-state index in [9.17, 15) is 4.79 Å². The molecule has 114 valence electrons. The molecule has 22 heavy (non-hydrogen) atoms. The summed E-state index contributed by atoms with van der Waals surface area (Å²) in [6.45, 7) is 2.17. The maximum absolute atomic E-state index is 11.0. The molecular weight excluding hydrogens is 274 g/mol. The van der Waals surface area contributed by atoms with Crippen LogP contribution in [0.15, 0.2) is 42.5 Å². The largest absolute Gasteiger partial charge is 0.442 e. The van der Waals surface area contributed by atoms with Crippen molar-refractivity contribution in [3.05, 3.63) is 59.2 Å². The van der Waals surface area contributed by atoms with Crippen LogP contribution in [-0.2, 0) is 17.6 Å². The van der Waals surface area contributed by atoms with E-state index in [1.54, 1.807) is 0 Å². The van der Waals surface area contributed by atoms with Gasteiger partial charge in [0.05, 0.1) is 0 Å². The maximum Gasteiger partial charge on any atom is 0.405 e. The van der Waals surface area contributed by atoms with Gasteiger partial charge < -0.3 is 10.5 Å². The van der Waals surface area contributed by atoms with Crippen LogP contribution in [0.2, 0.25) is 0 Å². The lowest BCUT2D eigenvalue weighted by atomic mass is 9.86. The molecule has 3 rings (SSSR count). The van der Waals surface area contributed by atoms with Crippen molar-refractivity contribution in [2.24, 2.45) is 5.73 Å². The second kappa shape index (κ2) is 6.22. The summed E-state index contributed by atoms with van der Waals surface area (Å²) < 4.78 is 5.25. The Kier molecular flexibility index (Phi) is 4.14. The number of fused-ring (bicyclic) bond motifs is 1. The van der Waals surface area contributed by atoms with Crippen LogP contribution in [-0.4, -0.2) is 6.09 Å². The van der Waals surface area contributed by atoms with Crippen LogP contribution in [0.3, 0.4) is 0 Å². The number of amides is 1. The number of carbonyl (C=O) groups excluding carboxylic acids is 1. The molecule has 1 aliphatic rings. The number of carbonyl (C=O) groups is 1. The minimum absolute atomic E-state index is 0.197. The van der Waals surface area contributed by atoms with E-state index in [-0.39, 0.29) is 6.10 Å². The summed E-state index contributed by atoms with van der Waals surface area (Å²) in [5.74, 6) is 0. The van der Waals surface area contributed by atoms with Crippen molar-refractivity contribution in [3.8, 4) is 11.1 Å². The summed E-state index contributed by atoms with van der Waals surface area (Å²) in [6.07, 6.45) is 3.01. The van der Waals surface area contributed by atoms with Gasteiger partial charge in [-0.1, -0.05) is 49.4 Å². The zero-order chi connectivity index (χ0) is 15.5. The van der Waals surface area contributed by atoms with Gasteiger partial charge in [0.25, 0.3) is 0 Å². The third-order valence-electron chi connectivity index (χ3n) is 4.37. The van der Waals surface area contributed by atoms with Crippen molar-refractivity contribution in [1.82, 2.24) is 0 Å². The first-order valence-electron chi connectivity index (χ1n) is 7.86. The molecule has 0 aromatic heterocycles. The molecule has 2 N–H and O–H groups in total. The molecule has 0 aliphatic heterocycles. The number of hydrogen-bond donors (Lipinski definition) is 1. The average molecular weight is 295 g/mol. The minimum atomic E-state index is -0.696. The highest BCUT2D eigenvalue weighted by Crippen LogP contribution is 2.35. The summed E-state index contributed by atoms with van der Waals surface area (Å²) in [5.41, 5.74) is 11.4. The Bertz CT molecular complexity index is 694. The van der Waals surface area contributed by atoms with Crippen molar-refractivity contribution in [2.45, 2.75) is 38.7 Å². The lowest BCUT2D eigenvalue weighted by Gasteiger charge is -2.25. The molecule has 3 heteroatoms. The molecule has 0 fully saturated rings. The Morgan fingerprint density at radius 3 is 2.86 bits per heavy atom. The maximum atomic E-state index is 11.0. The number of primary amides is 1. The van der Waals surface area contributed by atoms with Crippen molar-refractivity contribution >= 4 is 6.09 Å². The Hall–Kier alpha value is -2.29. The summed E-state index contributed by atoms with van der Waals surface area (Å²) in [6, 6.07) is 14.9. The van der Waals surface area contributed by atoms with E-state index in [1.807, 2.05) is 0 Å². The van der Waals surface area contributed by atoms with E-state index in [0.29, 0.717) is 0 Å². The topological polar surface area (TPSA) is 52.3 Å². The fraction of sp³-hybridized carbons (Fsp3) is 0.316. The van der Waals surface area contributed by atoms with E-state index >= 15 is 0 Å². The lowest BCUT2D eigenvalue weighted by molar-refractivity contribution is 0.0959. The quantitative estimate of drug-likeness (QED) is 0.913. The first-order chi connectivity index (χ1) is 10.7. The Morgan fingerprint density at radius 2 is 2.09 bits per heavy atom. The molecule has 0 heterocycles. The number of rotatable bonds is 3. The number of nitrogens with two attached hydrogens (primary N) is 1. The van der Waals surface area contributed by atoms with Gasteiger partial charge in [-0.15, -0.1) is 0 Å². The molecule has 0 spiro atoms. The molecule has 3 nitrogen and oxygen atoms in total.